The van der Waals surface area contributed by atoms with Crippen molar-refractivity contribution in [2.45, 2.75) is 71.5 Å². The Kier molecular flexibility index (Phi) is 7.80. The zero-order valence-corrected chi connectivity index (χ0v) is 16.7. The van der Waals surface area contributed by atoms with Gasteiger partial charge in [-0.25, -0.2) is 4.79 Å². The number of carbonyl (C=O) groups excluding carboxylic acids is 2. The minimum Gasteiger partial charge on any atom is -0.460 e. The average Bonchev–Trinajstić information content (AvgIpc) is 2.87. The van der Waals surface area contributed by atoms with Gasteiger partial charge >= 0.3 is 11.9 Å². The molecule has 2 atom stereocenters. The van der Waals surface area contributed by atoms with Gasteiger partial charge in [-0.2, -0.15) is 0 Å². The van der Waals surface area contributed by atoms with Gasteiger partial charge in [-0.3, -0.25) is 4.79 Å². The second-order valence-corrected chi connectivity index (χ2v) is 7.80. The predicted octanol–water partition coefficient (Wildman–Crippen LogP) is 3.19. The van der Waals surface area contributed by atoms with E-state index in [-0.39, 0.29) is 24.6 Å². The molecule has 1 aromatic carbocycles. The summed E-state index contributed by atoms with van der Waals surface area (Å²) in [7, 11) is 0. The summed E-state index contributed by atoms with van der Waals surface area (Å²) in [5.41, 5.74) is 0.966. The van der Waals surface area contributed by atoms with Crippen LogP contribution in [-0.4, -0.2) is 36.4 Å². The Balaban J connectivity index is 1.76. The number of cyclic esters (lactones) is 1. The molecule has 1 heterocycles. The first-order chi connectivity index (χ1) is 12.8. The van der Waals surface area contributed by atoms with Crippen molar-refractivity contribution in [2.75, 3.05) is 6.54 Å². The molecule has 0 bridgehead atoms. The lowest BCUT2D eigenvalue weighted by Crippen LogP contribution is -2.40. The molecule has 1 fully saturated rings. The van der Waals surface area contributed by atoms with E-state index in [1.165, 1.54) is 0 Å². The Morgan fingerprint density at radius 3 is 2.56 bits per heavy atom. The van der Waals surface area contributed by atoms with Crippen molar-refractivity contribution >= 4 is 11.9 Å². The minimum absolute atomic E-state index is 0.245. The van der Waals surface area contributed by atoms with Crippen LogP contribution in [0.1, 0.15) is 52.5 Å². The van der Waals surface area contributed by atoms with Gasteiger partial charge in [0.1, 0.15) is 12.6 Å². The van der Waals surface area contributed by atoms with Crippen LogP contribution in [0.5, 0.6) is 0 Å². The largest absolute Gasteiger partial charge is 0.460 e. The Bertz CT molecular complexity index is 614. The summed E-state index contributed by atoms with van der Waals surface area (Å²) in [6.07, 6.45) is 1.43. The van der Waals surface area contributed by atoms with E-state index in [4.69, 9.17) is 14.2 Å². The van der Waals surface area contributed by atoms with Crippen LogP contribution >= 0.6 is 0 Å². The standard InChI is InChI=1S/C21H31NO5/c1-15(2)13-17(19(23)25-14-16-9-6-5-7-10-16)22-12-8-11-18-20(24)27-21(3,4)26-18/h5-7,9-10,15,17-18,22H,8,11-14H2,1-4H3/t17-,18+/m0/s1. The highest BCUT2D eigenvalue weighted by atomic mass is 16.8. The lowest BCUT2D eigenvalue weighted by molar-refractivity contribution is -0.160. The Labute approximate surface area is 161 Å². The van der Waals surface area contributed by atoms with Crippen molar-refractivity contribution in [1.82, 2.24) is 5.32 Å². The van der Waals surface area contributed by atoms with Crippen molar-refractivity contribution in [3.63, 3.8) is 0 Å². The van der Waals surface area contributed by atoms with E-state index in [0.717, 1.165) is 5.56 Å². The molecule has 0 saturated carbocycles. The Hall–Kier alpha value is -1.92. The first kappa shape index (κ1) is 21.4. The van der Waals surface area contributed by atoms with E-state index in [1.54, 1.807) is 13.8 Å². The van der Waals surface area contributed by atoms with Gasteiger partial charge in [-0.1, -0.05) is 44.2 Å². The molecule has 0 aliphatic carbocycles. The highest BCUT2D eigenvalue weighted by molar-refractivity contribution is 5.76. The molecule has 6 nitrogen and oxygen atoms in total. The van der Waals surface area contributed by atoms with Crippen LogP contribution in [0.15, 0.2) is 30.3 Å². The fourth-order valence-electron chi connectivity index (χ4n) is 3.03. The van der Waals surface area contributed by atoms with Crippen LogP contribution in [0.4, 0.5) is 0 Å². The highest BCUT2D eigenvalue weighted by Crippen LogP contribution is 2.25. The van der Waals surface area contributed by atoms with E-state index < -0.39 is 11.9 Å². The summed E-state index contributed by atoms with van der Waals surface area (Å²) >= 11 is 0. The van der Waals surface area contributed by atoms with Crippen molar-refractivity contribution in [2.24, 2.45) is 5.92 Å². The average molecular weight is 377 g/mol. The van der Waals surface area contributed by atoms with E-state index in [2.05, 4.69) is 19.2 Å². The lowest BCUT2D eigenvalue weighted by atomic mass is 10.0. The SMILES string of the molecule is CC(C)C[C@H](NCCC[C@H]1OC(C)(C)OC1=O)C(=O)OCc1ccccc1. The van der Waals surface area contributed by atoms with E-state index in [1.807, 2.05) is 30.3 Å². The summed E-state index contributed by atoms with van der Waals surface area (Å²) in [6, 6.07) is 9.27. The number of nitrogens with one attached hydrogen (secondary N) is 1. The van der Waals surface area contributed by atoms with Crippen molar-refractivity contribution in [3.8, 4) is 0 Å². The zero-order valence-electron chi connectivity index (χ0n) is 16.7. The molecule has 0 spiro atoms. The molecule has 1 N–H and O–H groups in total. The molecule has 0 aromatic heterocycles. The van der Waals surface area contributed by atoms with Crippen LogP contribution in [0.25, 0.3) is 0 Å². The molecule has 1 saturated heterocycles. The third-order valence-corrected chi connectivity index (χ3v) is 4.28. The van der Waals surface area contributed by atoms with Gasteiger partial charge in [0, 0.05) is 13.8 Å². The van der Waals surface area contributed by atoms with Gasteiger partial charge in [-0.15, -0.1) is 0 Å². The smallest absolute Gasteiger partial charge is 0.337 e. The van der Waals surface area contributed by atoms with Crippen LogP contribution in [0.2, 0.25) is 0 Å². The van der Waals surface area contributed by atoms with Gasteiger partial charge in [-0.05, 0) is 37.3 Å². The van der Waals surface area contributed by atoms with E-state index >= 15 is 0 Å². The lowest BCUT2D eigenvalue weighted by Gasteiger charge is -2.20. The fraction of sp³-hybridized carbons (Fsp3) is 0.619. The van der Waals surface area contributed by atoms with Crippen LogP contribution < -0.4 is 5.32 Å². The minimum atomic E-state index is -0.851. The number of hydrogen-bond donors (Lipinski definition) is 1. The van der Waals surface area contributed by atoms with Crippen molar-refractivity contribution < 1.29 is 23.8 Å². The van der Waals surface area contributed by atoms with Gasteiger partial charge in [0.25, 0.3) is 0 Å². The van der Waals surface area contributed by atoms with Crippen molar-refractivity contribution in [1.29, 1.82) is 0 Å². The Morgan fingerprint density at radius 1 is 1.26 bits per heavy atom. The normalized spacial score (nSPS) is 19.7. The molecule has 1 aliphatic rings. The molecule has 0 radical (unpaired) electrons. The highest BCUT2D eigenvalue weighted by Gasteiger charge is 2.40. The van der Waals surface area contributed by atoms with E-state index in [0.29, 0.717) is 31.7 Å². The number of esters is 2. The van der Waals surface area contributed by atoms with Crippen molar-refractivity contribution in [3.05, 3.63) is 35.9 Å². The zero-order chi connectivity index (χ0) is 19.9. The van der Waals surface area contributed by atoms with Gasteiger partial charge in [0.2, 0.25) is 5.79 Å². The van der Waals surface area contributed by atoms with Crippen LogP contribution in [0, 0.1) is 5.92 Å². The summed E-state index contributed by atoms with van der Waals surface area (Å²) in [5.74, 6) is -1.05. The molecule has 27 heavy (non-hydrogen) atoms. The number of ether oxygens (including phenoxy) is 3. The molecule has 0 amide bonds. The summed E-state index contributed by atoms with van der Waals surface area (Å²) in [4.78, 5) is 24.2. The van der Waals surface area contributed by atoms with Gasteiger partial charge in [0.05, 0.1) is 0 Å². The molecule has 2 rings (SSSR count). The third kappa shape index (κ3) is 7.31. The first-order valence-electron chi connectivity index (χ1n) is 9.61. The second kappa shape index (κ2) is 9.85. The summed E-state index contributed by atoms with van der Waals surface area (Å²) < 4.78 is 16.2. The molecular formula is C21H31NO5. The molecule has 150 valence electrons. The summed E-state index contributed by atoms with van der Waals surface area (Å²) in [5, 5.41) is 3.26. The predicted molar refractivity (Wildman–Crippen MR) is 102 cm³/mol. The number of rotatable bonds is 10. The molecular weight excluding hydrogens is 346 g/mol. The maximum Gasteiger partial charge on any atom is 0.337 e. The number of carbonyl (C=O) groups is 2. The fourth-order valence-corrected chi connectivity index (χ4v) is 3.03. The quantitative estimate of drug-likeness (QED) is 0.499. The van der Waals surface area contributed by atoms with Crippen LogP contribution in [-0.2, 0) is 30.4 Å². The van der Waals surface area contributed by atoms with Gasteiger partial charge < -0.3 is 19.5 Å². The topological polar surface area (TPSA) is 73.9 Å². The number of hydrogen-bond acceptors (Lipinski definition) is 6. The second-order valence-electron chi connectivity index (χ2n) is 7.80. The maximum absolute atomic E-state index is 12.5. The molecule has 6 heteroatoms. The molecule has 1 aromatic rings. The third-order valence-electron chi connectivity index (χ3n) is 4.28. The Morgan fingerprint density at radius 2 is 1.96 bits per heavy atom. The van der Waals surface area contributed by atoms with Gasteiger partial charge in [0.15, 0.2) is 6.10 Å². The summed E-state index contributed by atoms with van der Waals surface area (Å²) in [6.45, 7) is 8.47. The molecule has 1 aliphatic heterocycles. The first-order valence-corrected chi connectivity index (χ1v) is 9.61. The maximum atomic E-state index is 12.5. The molecule has 0 unspecified atom stereocenters. The van der Waals surface area contributed by atoms with E-state index in [9.17, 15) is 9.59 Å². The monoisotopic (exact) mass is 377 g/mol. The van der Waals surface area contributed by atoms with Crippen LogP contribution in [0.3, 0.4) is 0 Å². The number of benzene rings is 1.